The van der Waals surface area contributed by atoms with E-state index in [4.69, 9.17) is 28.4 Å². The van der Waals surface area contributed by atoms with Crippen molar-refractivity contribution in [1.82, 2.24) is 0 Å². The first-order valence-electron chi connectivity index (χ1n) is 17.6. The van der Waals surface area contributed by atoms with E-state index in [0.717, 1.165) is 73.0 Å². The first-order chi connectivity index (χ1) is 22.5. The molecular weight excluding hydrogens is 576 g/mol. The highest BCUT2D eigenvalue weighted by molar-refractivity contribution is 5.51. The van der Waals surface area contributed by atoms with Crippen molar-refractivity contribution < 1.29 is 28.4 Å². The Bertz CT molecular complexity index is 1150. The molecule has 3 aromatic carbocycles. The molecule has 6 nitrogen and oxygen atoms in total. The van der Waals surface area contributed by atoms with E-state index in [1.165, 1.54) is 16.7 Å². The molecule has 0 saturated carbocycles. The van der Waals surface area contributed by atoms with Crippen LogP contribution in [0, 0.1) is 20.8 Å². The topological polar surface area (TPSA) is 65.3 Å². The Balaban J connectivity index is 0.000000908. The SMILES string of the molecule is CC.CC.CC.Cc1cc(C(c2ccc(OCCC3CO3)c(C)c2)c2ccc(OCCC3CO3)c(C)c2)ccc1OCCC1CO1. The van der Waals surface area contributed by atoms with Gasteiger partial charge in [0.15, 0.2) is 0 Å². The van der Waals surface area contributed by atoms with Gasteiger partial charge in [0, 0.05) is 25.2 Å². The van der Waals surface area contributed by atoms with Crippen molar-refractivity contribution in [3.8, 4) is 17.2 Å². The molecule has 3 saturated heterocycles. The van der Waals surface area contributed by atoms with E-state index in [2.05, 4.69) is 75.4 Å². The Kier molecular flexibility index (Phi) is 15.9. The summed E-state index contributed by atoms with van der Waals surface area (Å²) in [5, 5.41) is 0. The Hall–Kier alpha value is -3.06. The molecule has 3 atom stereocenters. The van der Waals surface area contributed by atoms with Crippen LogP contribution in [0.2, 0.25) is 0 Å². The number of hydrogen-bond acceptors (Lipinski definition) is 6. The second kappa shape index (κ2) is 19.6. The van der Waals surface area contributed by atoms with Gasteiger partial charge in [-0.15, -0.1) is 0 Å². The summed E-state index contributed by atoms with van der Waals surface area (Å²) in [7, 11) is 0. The molecule has 0 amide bonds. The van der Waals surface area contributed by atoms with Gasteiger partial charge in [0.05, 0.1) is 58.0 Å². The molecule has 3 aromatic rings. The minimum Gasteiger partial charge on any atom is -0.493 e. The van der Waals surface area contributed by atoms with Gasteiger partial charge in [0.1, 0.15) is 17.2 Å². The Morgan fingerprint density at radius 2 is 0.761 bits per heavy atom. The number of hydrogen-bond donors (Lipinski definition) is 0. The van der Waals surface area contributed by atoms with E-state index in [1.54, 1.807) is 0 Å². The minimum atomic E-state index is 0.0628. The second-order valence-electron chi connectivity index (χ2n) is 11.3. The molecule has 3 unspecified atom stereocenters. The third kappa shape index (κ3) is 11.6. The van der Waals surface area contributed by atoms with Crippen molar-refractivity contribution in [2.45, 2.75) is 106 Å². The number of ether oxygens (including phenoxy) is 6. The molecule has 0 aromatic heterocycles. The third-order valence-electron chi connectivity index (χ3n) is 7.90. The molecule has 254 valence electrons. The van der Waals surface area contributed by atoms with E-state index in [-0.39, 0.29) is 5.92 Å². The zero-order valence-corrected chi connectivity index (χ0v) is 29.8. The van der Waals surface area contributed by atoms with Crippen LogP contribution in [0.5, 0.6) is 17.2 Å². The number of aryl methyl sites for hydroxylation is 3. The monoisotopic (exact) mass is 634 g/mol. The van der Waals surface area contributed by atoms with Gasteiger partial charge in [-0.3, -0.25) is 0 Å². The van der Waals surface area contributed by atoms with Crippen molar-refractivity contribution in [3.05, 3.63) is 88.0 Å². The normalized spacial score (nSPS) is 19.1. The van der Waals surface area contributed by atoms with Crippen molar-refractivity contribution in [2.24, 2.45) is 0 Å². The summed E-state index contributed by atoms with van der Waals surface area (Å²) in [6.07, 6.45) is 3.93. The van der Waals surface area contributed by atoms with Crippen LogP contribution in [-0.4, -0.2) is 58.0 Å². The summed E-state index contributed by atoms with van der Waals surface area (Å²) in [5.41, 5.74) is 7.10. The maximum atomic E-state index is 6.09. The van der Waals surface area contributed by atoms with Gasteiger partial charge >= 0.3 is 0 Å². The van der Waals surface area contributed by atoms with E-state index < -0.39 is 0 Å². The van der Waals surface area contributed by atoms with Crippen LogP contribution in [0.15, 0.2) is 54.6 Å². The van der Waals surface area contributed by atoms with Crippen LogP contribution in [0.3, 0.4) is 0 Å². The zero-order chi connectivity index (χ0) is 33.5. The fourth-order valence-corrected chi connectivity index (χ4v) is 5.22. The fourth-order valence-electron chi connectivity index (χ4n) is 5.22. The minimum absolute atomic E-state index is 0.0628. The van der Waals surface area contributed by atoms with Gasteiger partial charge in [-0.1, -0.05) is 77.9 Å². The Labute approximate surface area is 278 Å². The number of rotatable bonds is 15. The molecule has 0 bridgehead atoms. The van der Waals surface area contributed by atoms with E-state index in [0.29, 0.717) is 38.1 Å². The summed E-state index contributed by atoms with van der Waals surface area (Å²) in [4.78, 5) is 0. The van der Waals surface area contributed by atoms with Crippen LogP contribution >= 0.6 is 0 Å². The Morgan fingerprint density at radius 1 is 0.500 bits per heavy atom. The number of benzene rings is 3. The lowest BCUT2D eigenvalue weighted by molar-refractivity contribution is 0.281. The largest absolute Gasteiger partial charge is 0.493 e. The molecule has 0 N–H and O–H groups in total. The standard InChI is InChI=1S/C34H40O6.3C2H6/c1-22-16-25(4-7-31(22)35-13-10-28-19-38-28)34(26-5-8-32(23(2)17-26)36-14-11-29-20-39-29)27-6-9-33(24(3)18-27)37-15-12-30-21-40-30;3*1-2/h4-9,16-18,28-30,34H,10-15,19-21H2,1-3H3;3*1-2H3. The summed E-state index contributed by atoms with van der Waals surface area (Å²) >= 11 is 0. The highest BCUT2D eigenvalue weighted by atomic mass is 16.6. The van der Waals surface area contributed by atoms with Gasteiger partial charge in [0.2, 0.25) is 0 Å². The first-order valence-corrected chi connectivity index (χ1v) is 17.6. The van der Waals surface area contributed by atoms with Gasteiger partial charge in [-0.25, -0.2) is 0 Å². The van der Waals surface area contributed by atoms with Crippen molar-refractivity contribution in [2.75, 3.05) is 39.6 Å². The van der Waals surface area contributed by atoms with Crippen LogP contribution in [0.4, 0.5) is 0 Å². The lowest BCUT2D eigenvalue weighted by Gasteiger charge is -2.23. The molecule has 6 rings (SSSR count). The summed E-state index contributed by atoms with van der Waals surface area (Å²) in [5.74, 6) is 2.86. The highest BCUT2D eigenvalue weighted by Crippen LogP contribution is 2.38. The van der Waals surface area contributed by atoms with Crippen molar-refractivity contribution in [1.29, 1.82) is 0 Å². The predicted octanol–water partition coefficient (Wildman–Crippen LogP) is 9.37. The van der Waals surface area contributed by atoms with Gasteiger partial charge in [-0.05, 0) is 72.4 Å². The summed E-state index contributed by atoms with van der Waals surface area (Å²) in [6, 6.07) is 19.7. The molecule has 3 heterocycles. The summed E-state index contributed by atoms with van der Waals surface area (Å²) < 4.78 is 34.2. The van der Waals surface area contributed by atoms with Crippen LogP contribution in [-0.2, 0) is 14.2 Å². The van der Waals surface area contributed by atoms with Crippen molar-refractivity contribution >= 4 is 0 Å². The van der Waals surface area contributed by atoms with Crippen molar-refractivity contribution in [3.63, 3.8) is 0 Å². The van der Waals surface area contributed by atoms with E-state index >= 15 is 0 Å². The molecule has 3 fully saturated rings. The molecular formula is C40H58O6. The Morgan fingerprint density at radius 3 is 0.978 bits per heavy atom. The maximum absolute atomic E-state index is 6.09. The predicted molar refractivity (Wildman–Crippen MR) is 188 cm³/mol. The molecule has 0 spiro atoms. The van der Waals surface area contributed by atoms with Gasteiger partial charge in [-0.2, -0.15) is 0 Å². The first kappa shape index (κ1) is 37.4. The third-order valence-corrected chi connectivity index (χ3v) is 7.90. The average molecular weight is 635 g/mol. The van der Waals surface area contributed by atoms with Crippen LogP contribution in [0.1, 0.15) is 100 Å². The van der Waals surface area contributed by atoms with E-state index in [1.807, 2.05) is 41.5 Å². The second-order valence-corrected chi connectivity index (χ2v) is 11.3. The fraction of sp³-hybridized carbons (Fsp3) is 0.550. The number of epoxide rings is 3. The molecule has 0 aliphatic carbocycles. The molecule has 3 aliphatic rings. The average Bonchev–Trinajstić information content (AvgIpc) is 3.92. The van der Waals surface area contributed by atoms with Crippen LogP contribution in [0.25, 0.3) is 0 Å². The molecule has 6 heteroatoms. The molecule has 3 aliphatic heterocycles. The van der Waals surface area contributed by atoms with Crippen LogP contribution < -0.4 is 14.2 Å². The molecule has 46 heavy (non-hydrogen) atoms. The zero-order valence-electron chi connectivity index (χ0n) is 29.8. The summed E-state index contributed by atoms with van der Waals surface area (Å²) in [6.45, 7) is 23.0. The maximum Gasteiger partial charge on any atom is 0.122 e. The molecule has 0 radical (unpaired) electrons. The lowest BCUT2D eigenvalue weighted by atomic mass is 9.83. The van der Waals surface area contributed by atoms with Gasteiger partial charge in [0.25, 0.3) is 0 Å². The highest BCUT2D eigenvalue weighted by Gasteiger charge is 2.25. The van der Waals surface area contributed by atoms with E-state index in [9.17, 15) is 0 Å². The smallest absolute Gasteiger partial charge is 0.122 e. The lowest BCUT2D eigenvalue weighted by Crippen LogP contribution is -2.08. The quantitative estimate of drug-likeness (QED) is 0.123. The van der Waals surface area contributed by atoms with Gasteiger partial charge < -0.3 is 28.4 Å².